The Labute approximate surface area is 179 Å². The summed E-state index contributed by atoms with van der Waals surface area (Å²) < 4.78 is 5.56. The molecule has 0 spiro atoms. The SMILES string of the molecule is COc1ccccc1N1CC[NH+](C2CC[NH+](Cc3ccc(SC)cc3)CC2)CC1. The zero-order valence-electron chi connectivity index (χ0n) is 17.8. The summed E-state index contributed by atoms with van der Waals surface area (Å²) in [4.78, 5) is 7.43. The van der Waals surface area contributed by atoms with Crippen LogP contribution in [-0.4, -0.2) is 58.7 Å². The number of ether oxygens (including phenoxy) is 1. The summed E-state index contributed by atoms with van der Waals surface area (Å²) in [5.41, 5.74) is 2.73. The van der Waals surface area contributed by atoms with Crippen LogP contribution in [0.1, 0.15) is 18.4 Å². The van der Waals surface area contributed by atoms with Gasteiger partial charge in [-0.05, 0) is 30.5 Å². The van der Waals surface area contributed by atoms with Crippen molar-refractivity contribution in [2.75, 3.05) is 57.5 Å². The first-order valence-electron chi connectivity index (χ1n) is 11.0. The molecule has 0 aliphatic carbocycles. The number of para-hydroxylation sites is 2. The maximum atomic E-state index is 5.56. The van der Waals surface area contributed by atoms with E-state index in [9.17, 15) is 0 Å². The first-order valence-corrected chi connectivity index (χ1v) is 12.2. The van der Waals surface area contributed by atoms with Crippen molar-refractivity contribution < 1.29 is 14.5 Å². The molecule has 0 saturated carbocycles. The Morgan fingerprint density at radius 1 is 0.966 bits per heavy atom. The summed E-state index contributed by atoms with van der Waals surface area (Å²) in [5.74, 6) is 0.999. The Balaban J connectivity index is 1.24. The molecule has 2 aliphatic rings. The summed E-state index contributed by atoms with van der Waals surface area (Å²) in [6, 6.07) is 18.4. The number of quaternary nitrogens is 2. The van der Waals surface area contributed by atoms with E-state index in [-0.39, 0.29) is 0 Å². The quantitative estimate of drug-likeness (QED) is 0.699. The number of rotatable bonds is 6. The predicted octanol–water partition coefficient (Wildman–Crippen LogP) is 1.37. The third-order valence-electron chi connectivity index (χ3n) is 6.71. The highest BCUT2D eigenvalue weighted by Gasteiger charge is 2.32. The van der Waals surface area contributed by atoms with Gasteiger partial charge in [-0.15, -0.1) is 11.8 Å². The van der Waals surface area contributed by atoms with Gasteiger partial charge in [-0.1, -0.05) is 24.3 Å². The van der Waals surface area contributed by atoms with E-state index in [1.165, 1.54) is 61.7 Å². The number of hydrogen-bond donors (Lipinski definition) is 2. The van der Waals surface area contributed by atoms with E-state index >= 15 is 0 Å². The van der Waals surface area contributed by atoms with E-state index in [0.717, 1.165) is 24.9 Å². The molecule has 5 heteroatoms. The summed E-state index contributed by atoms with van der Waals surface area (Å²) in [7, 11) is 1.77. The van der Waals surface area contributed by atoms with Gasteiger partial charge in [-0.2, -0.15) is 0 Å². The maximum Gasteiger partial charge on any atom is 0.142 e. The number of anilines is 1. The highest BCUT2D eigenvalue weighted by Crippen LogP contribution is 2.27. The van der Waals surface area contributed by atoms with Crippen molar-refractivity contribution >= 4 is 17.4 Å². The van der Waals surface area contributed by atoms with Crippen molar-refractivity contribution in [3.05, 3.63) is 54.1 Å². The van der Waals surface area contributed by atoms with Crippen LogP contribution in [0.3, 0.4) is 0 Å². The molecule has 0 unspecified atom stereocenters. The van der Waals surface area contributed by atoms with Crippen molar-refractivity contribution in [1.82, 2.24) is 0 Å². The standard InChI is InChI=1S/C24H33N3OS/c1-28-24-6-4-3-5-23(24)27-17-15-26(16-18-27)21-11-13-25(14-12-21)19-20-7-9-22(29-2)10-8-20/h3-10,21H,11-19H2,1-2H3/p+2. The molecule has 2 heterocycles. The average molecular weight is 414 g/mol. The fourth-order valence-electron chi connectivity index (χ4n) is 4.98. The fraction of sp³-hybridized carbons (Fsp3) is 0.500. The molecule has 29 heavy (non-hydrogen) atoms. The number of likely N-dealkylation sites (tertiary alicyclic amines) is 1. The molecule has 156 valence electrons. The molecule has 2 saturated heterocycles. The molecule has 2 aliphatic heterocycles. The second-order valence-corrected chi connectivity index (χ2v) is 9.25. The molecule has 0 aromatic heterocycles. The number of benzene rings is 2. The first-order chi connectivity index (χ1) is 14.3. The minimum Gasteiger partial charge on any atom is -0.495 e. The molecule has 0 amide bonds. The van der Waals surface area contributed by atoms with Gasteiger partial charge in [0.15, 0.2) is 0 Å². The van der Waals surface area contributed by atoms with Crippen LogP contribution in [0.5, 0.6) is 5.75 Å². The van der Waals surface area contributed by atoms with Crippen molar-refractivity contribution in [3.8, 4) is 5.75 Å². The lowest BCUT2D eigenvalue weighted by Gasteiger charge is -2.40. The third-order valence-corrected chi connectivity index (χ3v) is 7.46. The van der Waals surface area contributed by atoms with Gasteiger partial charge in [0.2, 0.25) is 0 Å². The van der Waals surface area contributed by atoms with Gasteiger partial charge >= 0.3 is 0 Å². The Hall–Kier alpha value is -1.69. The number of piperazine rings is 1. The van der Waals surface area contributed by atoms with E-state index in [1.54, 1.807) is 12.0 Å². The first kappa shape index (κ1) is 20.6. The van der Waals surface area contributed by atoms with E-state index < -0.39 is 0 Å². The number of hydrogen-bond acceptors (Lipinski definition) is 3. The molecule has 2 aromatic carbocycles. The number of nitrogens with one attached hydrogen (secondary N) is 2. The lowest BCUT2D eigenvalue weighted by molar-refractivity contribution is -0.963. The Morgan fingerprint density at radius 3 is 2.31 bits per heavy atom. The van der Waals surface area contributed by atoms with Crippen LogP contribution in [0.15, 0.2) is 53.4 Å². The van der Waals surface area contributed by atoms with Gasteiger partial charge in [0, 0.05) is 23.3 Å². The molecule has 2 fully saturated rings. The molecule has 2 N–H and O–H groups in total. The third kappa shape index (κ3) is 5.08. The monoisotopic (exact) mass is 413 g/mol. The van der Waals surface area contributed by atoms with Gasteiger partial charge in [0.25, 0.3) is 0 Å². The van der Waals surface area contributed by atoms with Gasteiger partial charge in [-0.3, -0.25) is 0 Å². The largest absolute Gasteiger partial charge is 0.495 e. The number of nitrogens with zero attached hydrogens (tertiary/aromatic N) is 1. The zero-order valence-corrected chi connectivity index (χ0v) is 18.6. The molecule has 0 atom stereocenters. The van der Waals surface area contributed by atoms with Gasteiger partial charge in [0.05, 0.1) is 58.1 Å². The van der Waals surface area contributed by atoms with E-state index in [4.69, 9.17) is 4.74 Å². The molecule has 4 nitrogen and oxygen atoms in total. The Morgan fingerprint density at radius 2 is 1.66 bits per heavy atom. The maximum absolute atomic E-state index is 5.56. The van der Waals surface area contributed by atoms with Crippen molar-refractivity contribution in [3.63, 3.8) is 0 Å². The van der Waals surface area contributed by atoms with Crippen LogP contribution in [0, 0.1) is 0 Å². The van der Waals surface area contributed by atoms with E-state index in [0.29, 0.717) is 0 Å². The van der Waals surface area contributed by atoms with Crippen LogP contribution in [0.25, 0.3) is 0 Å². The van der Waals surface area contributed by atoms with Crippen molar-refractivity contribution in [2.45, 2.75) is 30.3 Å². The molecular formula is C24H35N3OS+2. The summed E-state index contributed by atoms with van der Waals surface area (Å²) in [6.07, 6.45) is 4.87. The zero-order chi connectivity index (χ0) is 20.1. The average Bonchev–Trinajstić information content (AvgIpc) is 2.80. The molecule has 0 bridgehead atoms. The van der Waals surface area contributed by atoms with Crippen LogP contribution < -0.4 is 19.4 Å². The van der Waals surface area contributed by atoms with Gasteiger partial charge in [0.1, 0.15) is 12.3 Å². The topological polar surface area (TPSA) is 21.4 Å². The van der Waals surface area contributed by atoms with Gasteiger partial charge < -0.3 is 19.4 Å². The minimum absolute atomic E-state index is 0.845. The predicted molar refractivity (Wildman–Crippen MR) is 122 cm³/mol. The van der Waals surface area contributed by atoms with Crippen LogP contribution in [0.4, 0.5) is 5.69 Å². The van der Waals surface area contributed by atoms with Gasteiger partial charge in [-0.25, -0.2) is 0 Å². The highest BCUT2D eigenvalue weighted by molar-refractivity contribution is 7.98. The smallest absolute Gasteiger partial charge is 0.142 e. The van der Waals surface area contributed by atoms with E-state index in [1.807, 2.05) is 16.7 Å². The normalized spacial score (nSPS) is 23.2. The highest BCUT2D eigenvalue weighted by atomic mass is 32.2. The summed E-state index contributed by atoms with van der Waals surface area (Å²) in [6.45, 7) is 8.55. The minimum atomic E-state index is 0.845. The molecule has 4 rings (SSSR count). The molecule has 2 aromatic rings. The second-order valence-electron chi connectivity index (χ2n) is 8.37. The molecule has 0 radical (unpaired) electrons. The van der Waals surface area contributed by atoms with E-state index in [2.05, 4.69) is 59.7 Å². The van der Waals surface area contributed by atoms with Crippen LogP contribution in [0.2, 0.25) is 0 Å². The number of thioether (sulfide) groups is 1. The van der Waals surface area contributed by atoms with Crippen molar-refractivity contribution in [2.24, 2.45) is 0 Å². The fourth-order valence-corrected chi connectivity index (χ4v) is 5.39. The Kier molecular flexibility index (Phi) is 7.01. The van der Waals surface area contributed by atoms with Crippen LogP contribution in [-0.2, 0) is 6.54 Å². The van der Waals surface area contributed by atoms with Crippen molar-refractivity contribution in [1.29, 1.82) is 0 Å². The summed E-state index contributed by atoms with van der Waals surface area (Å²) >= 11 is 1.82. The molecular weight excluding hydrogens is 378 g/mol. The lowest BCUT2D eigenvalue weighted by atomic mass is 10.0. The second kappa shape index (κ2) is 9.88. The summed E-state index contributed by atoms with van der Waals surface area (Å²) in [5, 5.41) is 0. The van der Waals surface area contributed by atoms with Crippen LogP contribution >= 0.6 is 11.8 Å². The number of methoxy groups -OCH3 is 1. The Bertz CT molecular complexity index is 766. The lowest BCUT2D eigenvalue weighted by Crippen LogP contribution is -3.21. The number of piperidine rings is 1.